The Labute approximate surface area is 251 Å². The minimum absolute atomic E-state index is 0.101. The van der Waals surface area contributed by atoms with Gasteiger partial charge in [0.1, 0.15) is 30.1 Å². The van der Waals surface area contributed by atoms with Crippen molar-refractivity contribution in [3.05, 3.63) is 35.9 Å². The maximum Gasteiger partial charge on any atom is 0.333 e. The number of benzene rings is 1. The van der Waals surface area contributed by atoms with Gasteiger partial charge in [-0.1, -0.05) is 30.3 Å². The third-order valence-electron chi connectivity index (χ3n) is 7.75. The van der Waals surface area contributed by atoms with Gasteiger partial charge in [-0.05, 0) is 26.3 Å². The summed E-state index contributed by atoms with van der Waals surface area (Å²) in [5.41, 5.74) is 0.819. The topological polar surface area (TPSA) is 149 Å². The van der Waals surface area contributed by atoms with Crippen LogP contribution in [0.2, 0.25) is 0 Å². The lowest BCUT2D eigenvalue weighted by Crippen LogP contribution is -2.71. The van der Waals surface area contributed by atoms with E-state index < -0.39 is 63.1 Å². The summed E-state index contributed by atoms with van der Waals surface area (Å²) in [5.74, 6) is -2.95. The number of rotatable bonds is 9. The molecule has 42 heavy (non-hydrogen) atoms. The number of hydrogen-bond acceptors (Lipinski definition) is 11. The standard InChI is InChI=1S/C28H33N3O9S2/c1-14(32)38-13-28(5)22(30-18(34)12-19(30)41-28)26(37)40-15(2)39-25(36)21-27(3,4)42-24-20(23(35)31(21)24)29-17(33)11-16-9-7-6-8-10-16/h6-10,15,19-22,24H,11-13H2,1-5H3,(H,29,33)/t15?,19-,20+,21-,22-,24+,28-/m0/s1. The number of carbonyl (C=O) groups excluding carboxylic acids is 6. The van der Waals surface area contributed by atoms with Gasteiger partial charge in [0.05, 0.1) is 23.0 Å². The van der Waals surface area contributed by atoms with Gasteiger partial charge < -0.3 is 29.3 Å². The normalized spacial score (nSPS) is 31.2. The zero-order chi connectivity index (χ0) is 30.6. The van der Waals surface area contributed by atoms with Crippen molar-refractivity contribution in [3.63, 3.8) is 0 Å². The minimum Gasteiger partial charge on any atom is -0.464 e. The lowest BCUT2D eigenvalue weighted by molar-refractivity contribution is -0.196. The molecule has 1 unspecified atom stereocenters. The van der Waals surface area contributed by atoms with Crippen LogP contribution in [0.5, 0.6) is 0 Å². The van der Waals surface area contributed by atoms with Gasteiger partial charge in [0, 0.05) is 18.6 Å². The molecule has 1 aromatic rings. The monoisotopic (exact) mass is 619 g/mol. The number of β-lactam (4-membered cyclic amide) rings is 2. The molecule has 12 nitrogen and oxygen atoms in total. The van der Waals surface area contributed by atoms with Crippen molar-refractivity contribution < 1.29 is 43.0 Å². The van der Waals surface area contributed by atoms with Crippen molar-refractivity contribution in [2.75, 3.05) is 6.61 Å². The molecule has 1 aromatic carbocycles. The van der Waals surface area contributed by atoms with Crippen LogP contribution in [0.1, 0.15) is 46.6 Å². The molecule has 0 spiro atoms. The van der Waals surface area contributed by atoms with Crippen molar-refractivity contribution in [1.82, 2.24) is 15.1 Å². The summed E-state index contributed by atoms with van der Waals surface area (Å²) in [6.45, 7) is 7.87. The number of thioether (sulfide) groups is 2. The molecule has 4 saturated heterocycles. The molecule has 4 aliphatic rings. The highest BCUT2D eigenvalue weighted by atomic mass is 32.2. The largest absolute Gasteiger partial charge is 0.464 e. The number of fused-ring (bicyclic) bond motifs is 2. The first-order chi connectivity index (χ1) is 19.7. The number of hydrogen-bond donors (Lipinski definition) is 1. The van der Waals surface area contributed by atoms with E-state index in [1.54, 1.807) is 20.8 Å². The Morgan fingerprint density at radius 2 is 1.64 bits per heavy atom. The summed E-state index contributed by atoms with van der Waals surface area (Å²) < 4.78 is 14.5. The van der Waals surface area contributed by atoms with E-state index in [0.717, 1.165) is 5.56 Å². The van der Waals surface area contributed by atoms with Gasteiger partial charge in [0.15, 0.2) is 0 Å². The molecule has 1 N–H and O–H groups in total. The Kier molecular flexibility index (Phi) is 7.98. The molecule has 0 aromatic heterocycles. The second kappa shape index (κ2) is 11.1. The van der Waals surface area contributed by atoms with Gasteiger partial charge in [-0.3, -0.25) is 19.2 Å². The van der Waals surface area contributed by atoms with Gasteiger partial charge >= 0.3 is 17.9 Å². The Balaban J connectivity index is 1.20. The van der Waals surface area contributed by atoms with Crippen molar-refractivity contribution in [1.29, 1.82) is 0 Å². The summed E-state index contributed by atoms with van der Waals surface area (Å²) in [6, 6.07) is 6.40. The van der Waals surface area contributed by atoms with Gasteiger partial charge in [0.25, 0.3) is 0 Å². The number of esters is 3. The first kappa shape index (κ1) is 30.2. The molecule has 226 valence electrons. The molecule has 4 aliphatic heterocycles. The maximum atomic E-state index is 13.3. The number of ether oxygens (including phenoxy) is 3. The van der Waals surface area contributed by atoms with Crippen LogP contribution in [0, 0.1) is 0 Å². The third kappa shape index (κ3) is 5.46. The van der Waals surface area contributed by atoms with Crippen LogP contribution in [0.4, 0.5) is 0 Å². The zero-order valence-electron chi connectivity index (χ0n) is 23.9. The highest BCUT2D eigenvalue weighted by molar-refractivity contribution is 8.02. The molecule has 0 bridgehead atoms. The summed E-state index contributed by atoms with van der Waals surface area (Å²) in [5, 5.41) is 2.10. The van der Waals surface area contributed by atoms with E-state index in [2.05, 4.69) is 5.32 Å². The molecule has 0 aliphatic carbocycles. The summed E-state index contributed by atoms with van der Waals surface area (Å²) in [6.07, 6.45) is -0.925. The summed E-state index contributed by atoms with van der Waals surface area (Å²) in [7, 11) is 0. The lowest BCUT2D eigenvalue weighted by atomic mass is 9.96. The van der Waals surface area contributed by atoms with E-state index in [4.69, 9.17) is 14.2 Å². The van der Waals surface area contributed by atoms with E-state index in [1.165, 1.54) is 47.2 Å². The number of nitrogens with one attached hydrogen (secondary N) is 1. The van der Waals surface area contributed by atoms with Crippen LogP contribution in [-0.2, 0) is 49.4 Å². The fourth-order valence-corrected chi connectivity index (χ4v) is 9.10. The smallest absolute Gasteiger partial charge is 0.333 e. The molecule has 7 atom stereocenters. The predicted octanol–water partition coefficient (Wildman–Crippen LogP) is 1.20. The third-order valence-corrected chi connectivity index (χ3v) is 10.9. The molecule has 4 heterocycles. The first-order valence-electron chi connectivity index (χ1n) is 13.6. The van der Waals surface area contributed by atoms with E-state index in [9.17, 15) is 28.8 Å². The molecular weight excluding hydrogens is 586 g/mol. The van der Waals surface area contributed by atoms with Crippen molar-refractivity contribution in [3.8, 4) is 0 Å². The maximum absolute atomic E-state index is 13.3. The highest BCUT2D eigenvalue weighted by Crippen LogP contribution is 2.52. The summed E-state index contributed by atoms with van der Waals surface area (Å²) in [4.78, 5) is 78.8. The van der Waals surface area contributed by atoms with Crippen molar-refractivity contribution >= 4 is 59.2 Å². The molecule has 0 saturated carbocycles. The van der Waals surface area contributed by atoms with Crippen molar-refractivity contribution in [2.24, 2.45) is 0 Å². The predicted molar refractivity (Wildman–Crippen MR) is 151 cm³/mol. The second-order valence-corrected chi connectivity index (χ2v) is 15.0. The van der Waals surface area contributed by atoms with Crippen LogP contribution in [0.15, 0.2) is 30.3 Å². The quantitative estimate of drug-likeness (QED) is 0.242. The lowest BCUT2D eigenvalue weighted by Gasteiger charge is -2.44. The highest BCUT2D eigenvalue weighted by Gasteiger charge is 2.65. The molecule has 3 amide bonds. The number of nitrogens with zero attached hydrogens (tertiary/aromatic N) is 2. The van der Waals surface area contributed by atoms with E-state index in [1.807, 2.05) is 30.3 Å². The number of carbonyl (C=O) groups is 6. The average molecular weight is 620 g/mol. The van der Waals surface area contributed by atoms with E-state index >= 15 is 0 Å². The fraction of sp³-hybridized carbons (Fsp3) is 0.571. The number of amides is 3. The van der Waals surface area contributed by atoms with Crippen LogP contribution in [-0.4, -0.2) is 96.7 Å². The average Bonchev–Trinajstić information content (AvgIpc) is 3.31. The SMILES string of the molecule is CC(=O)OC[C@]1(C)S[C@H]2CC(=O)N2[C@H]1C(=O)OC(C)OC(=O)[C@@H]1N2C(=O)[C@@H](NC(=O)Cc3ccccc3)[C@H]2SC1(C)C. The summed E-state index contributed by atoms with van der Waals surface area (Å²) >= 11 is 2.75. The van der Waals surface area contributed by atoms with Crippen LogP contribution in [0.25, 0.3) is 0 Å². The van der Waals surface area contributed by atoms with Gasteiger partial charge in [-0.25, -0.2) is 9.59 Å². The zero-order valence-corrected chi connectivity index (χ0v) is 25.5. The van der Waals surface area contributed by atoms with E-state index in [0.29, 0.717) is 0 Å². The Hall–Kier alpha value is -3.26. The van der Waals surface area contributed by atoms with Gasteiger partial charge in [-0.15, -0.1) is 23.5 Å². The van der Waals surface area contributed by atoms with Crippen LogP contribution < -0.4 is 5.32 Å². The minimum atomic E-state index is -1.32. The second-order valence-electron chi connectivity index (χ2n) is 11.5. The molecule has 0 radical (unpaired) electrons. The first-order valence-corrected chi connectivity index (χ1v) is 15.3. The Bertz CT molecular complexity index is 1320. The van der Waals surface area contributed by atoms with Gasteiger partial charge in [-0.2, -0.15) is 0 Å². The van der Waals surface area contributed by atoms with Crippen LogP contribution >= 0.6 is 23.5 Å². The van der Waals surface area contributed by atoms with Crippen molar-refractivity contribution in [2.45, 2.75) is 92.1 Å². The fourth-order valence-electron chi connectivity index (χ4n) is 5.81. The molecule has 4 fully saturated rings. The molecular formula is C28H33N3O9S2. The van der Waals surface area contributed by atoms with Gasteiger partial charge in [0.2, 0.25) is 24.0 Å². The van der Waals surface area contributed by atoms with E-state index in [-0.39, 0.29) is 36.6 Å². The molecule has 14 heteroatoms. The van der Waals surface area contributed by atoms with Crippen LogP contribution in [0.3, 0.4) is 0 Å². The Morgan fingerprint density at radius 3 is 2.26 bits per heavy atom. The Morgan fingerprint density at radius 1 is 1.00 bits per heavy atom. The molecule has 5 rings (SSSR count).